The number of benzene rings is 1. The molecule has 2 N–H and O–H groups in total. The number of amides is 1. The fourth-order valence-corrected chi connectivity index (χ4v) is 2.60. The fourth-order valence-electron chi connectivity index (χ4n) is 2.60. The lowest BCUT2D eigenvalue weighted by molar-refractivity contribution is 0.0650. The van der Waals surface area contributed by atoms with E-state index in [4.69, 9.17) is 0 Å². The van der Waals surface area contributed by atoms with Crippen LogP contribution in [-0.4, -0.2) is 41.5 Å². The van der Waals surface area contributed by atoms with Gasteiger partial charge in [-0.2, -0.15) is 0 Å². The van der Waals surface area contributed by atoms with E-state index in [0.29, 0.717) is 5.69 Å². The molecule has 0 bridgehead atoms. The molecule has 0 saturated carbocycles. The highest BCUT2D eigenvalue weighted by atomic mass is 16.2. The fraction of sp³-hybridized carbons (Fsp3) is 0.312. The molecule has 20 heavy (non-hydrogen) atoms. The number of aromatic amines is 1. The van der Waals surface area contributed by atoms with E-state index in [1.54, 1.807) is 0 Å². The van der Waals surface area contributed by atoms with Gasteiger partial charge in [0.25, 0.3) is 5.91 Å². The van der Waals surface area contributed by atoms with E-state index in [9.17, 15) is 4.79 Å². The van der Waals surface area contributed by atoms with Crippen molar-refractivity contribution < 1.29 is 4.79 Å². The van der Waals surface area contributed by atoms with Crippen LogP contribution in [0.3, 0.4) is 0 Å². The lowest BCUT2D eigenvalue weighted by atomic mass is 10.2. The summed E-state index contributed by atoms with van der Waals surface area (Å²) in [5.41, 5.74) is 2.74. The molecule has 2 aromatic rings. The molecule has 0 aliphatic carbocycles. The summed E-state index contributed by atoms with van der Waals surface area (Å²) in [6, 6.07) is 14.1. The Labute approximate surface area is 118 Å². The predicted octanol–water partition coefficient (Wildman–Crippen LogP) is 2.12. The SMILES string of the molecule is C[C@H]1CNCCN1C(=O)c1ccc(-c2ccccc2)[nH]1. The molecule has 1 atom stereocenters. The van der Waals surface area contributed by atoms with Crippen LogP contribution in [0.25, 0.3) is 11.3 Å². The molecule has 104 valence electrons. The highest BCUT2D eigenvalue weighted by molar-refractivity contribution is 5.93. The van der Waals surface area contributed by atoms with E-state index in [0.717, 1.165) is 30.9 Å². The molecule has 1 amide bonds. The standard InChI is InChI=1S/C16H19N3O/c1-12-11-17-9-10-19(12)16(20)15-8-7-14(18-15)13-5-3-2-4-6-13/h2-8,12,17-18H,9-11H2,1H3/t12-/m0/s1. The van der Waals surface area contributed by atoms with Crippen molar-refractivity contribution in [1.82, 2.24) is 15.2 Å². The van der Waals surface area contributed by atoms with Gasteiger partial charge in [0, 0.05) is 31.4 Å². The van der Waals surface area contributed by atoms with Crippen molar-refractivity contribution >= 4 is 5.91 Å². The van der Waals surface area contributed by atoms with Gasteiger partial charge in [0.1, 0.15) is 5.69 Å². The third-order valence-corrected chi connectivity index (χ3v) is 3.76. The number of carbonyl (C=O) groups excluding carboxylic acids is 1. The van der Waals surface area contributed by atoms with Crippen molar-refractivity contribution in [3.05, 3.63) is 48.2 Å². The molecule has 4 heteroatoms. The summed E-state index contributed by atoms with van der Waals surface area (Å²) in [7, 11) is 0. The van der Waals surface area contributed by atoms with Crippen LogP contribution in [0.1, 0.15) is 17.4 Å². The molecule has 0 spiro atoms. The largest absolute Gasteiger partial charge is 0.351 e. The lowest BCUT2D eigenvalue weighted by Crippen LogP contribution is -2.52. The Balaban J connectivity index is 1.81. The number of hydrogen-bond donors (Lipinski definition) is 2. The summed E-state index contributed by atoms with van der Waals surface area (Å²) < 4.78 is 0. The zero-order chi connectivity index (χ0) is 13.9. The average molecular weight is 269 g/mol. The van der Waals surface area contributed by atoms with Gasteiger partial charge >= 0.3 is 0 Å². The molecule has 1 aromatic heterocycles. The molecule has 0 unspecified atom stereocenters. The first-order valence-electron chi connectivity index (χ1n) is 7.02. The maximum Gasteiger partial charge on any atom is 0.270 e. The smallest absolute Gasteiger partial charge is 0.270 e. The van der Waals surface area contributed by atoms with E-state index in [1.807, 2.05) is 47.4 Å². The average Bonchev–Trinajstić information content (AvgIpc) is 2.98. The van der Waals surface area contributed by atoms with Crippen LogP contribution in [0, 0.1) is 0 Å². The minimum atomic E-state index is 0.0844. The Kier molecular flexibility index (Phi) is 3.56. The number of rotatable bonds is 2. The summed E-state index contributed by atoms with van der Waals surface area (Å²) in [4.78, 5) is 17.7. The Bertz CT molecular complexity index is 591. The van der Waals surface area contributed by atoms with Gasteiger partial charge in [-0.1, -0.05) is 30.3 Å². The normalized spacial score (nSPS) is 19.1. The number of H-pyrrole nitrogens is 1. The monoisotopic (exact) mass is 269 g/mol. The molecule has 1 aliphatic rings. The Morgan fingerprint density at radius 1 is 1.20 bits per heavy atom. The molecule has 0 radical (unpaired) electrons. The highest BCUT2D eigenvalue weighted by Crippen LogP contribution is 2.19. The minimum Gasteiger partial charge on any atom is -0.351 e. The van der Waals surface area contributed by atoms with E-state index in [-0.39, 0.29) is 11.9 Å². The van der Waals surface area contributed by atoms with Crippen molar-refractivity contribution in [3.8, 4) is 11.3 Å². The number of nitrogens with one attached hydrogen (secondary N) is 2. The lowest BCUT2D eigenvalue weighted by Gasteiger charge is -2.33. The molecule has 1 saturated heterocycles. The zero-order valence-corrected chi connectivity index (χ0v) is 11.6. The van der Waals surface area contributed by atoms with Crippen LogP contribution in [0.2, 0.25) is 0 Å². The predicted molar refractivity (Wildman–Crippen MR) is 79.6 cm³/mol. The molecule has 1 aromatic carbocycles. The number of carbonyl (C=O) groups is 1. The van der Waals surface area contributed by atoms with E-state index < -0.39 is 0 Å². The van der Waals surface area contributed by atoms with Crippen molar-refractivity contribution in [2.45, 2.75) is 13.0 Å². The third-order valence-electron chi connectivity index (χ3n) is 3.76. The quantitative estimate of drug-likeness (QED) is 0.877. The van der Waals surface area contributed by atoms with Crippen LogP contribution in [0.15, 0.2) is 42.5 Å². The highest BCUT2D eigenvalue weighted by Gasteiger charge is 2.24. The Hall–Kier alpha value is -2.07. The first-order chi connectivity index (χ1) is 9.75. The maximum absolute atomic E-state index is 12.5. The van der Waals surface area contributed by atoms with Crippen molar-refractivity contribution in [3.63, 3.8) is 0 Å². The molecular weight excluding hydrogens is 250 g/mol. The van der Waals surface area contributed by atoms with Gasteiger partial charge in [0.05, 0.1) is 0 Å². The topological polar surface area (TPSA) is 48.1 Å². The third kappa shape index (κ3) is 2.47. The number of nitrogens with zero attached hydrogens (tertiary/aromatic N) is 1. The van der Waals surface area contributed by atoms with Crippen LogP contribution < -0.4 is 5.32 Å². The van der Waals surface area contributed by atoms with Crippen molar-refractivity contribution in [2.24, 2.45) is 0 Å². The maximum atomic E-state index is 12.5. The number of piperazine rings is 1. The van der Waals surface area contributed by atoms with Gasteiger partial charge in [0.2, 0.25) is 0 Å². The first kappa shape index (κ1) is 12.9. The van der Waals surface area contributed by atoms with Gasteiger partial charge in [0.15, 0.2) is 0 Å². The van der Waals surface area contributed by atoms with Gasteiger partial charge in [-0.3, -0.25) is 4.79 Å². The Morgan fingerprint density at radius 2 is 2.00 bits per heavy atom. The molecule has 4 nitrogen and oxygen atoms in total. The van der Waals surface area contributed by atoms with Gasteiger partial charge in [-0.15, -0.1) is 0 Å². The van der Waals surface area contributed by atoms with Gasteiger partial charge in [-0.05, 0) is 24.6 Å². The van der Waals surface area contributed by atoms with Crippen LogP contribution in [0.5, 0.6) is 0 Å². The summed E-state index contributed by atoms with van der Waals surface area (Å²) in [6.45, 7) is 4.56. The molecule has 2 heterocycles. The van der Waals surface area contributed by atoms with Crippen molar-refractivity contribution in [2.75, 3.05) is 19.6 Å². The first-order valence-corrected chi connectivity index (χ1v) is 7.02. The molecule has 3 rings (SSSR count). The Morgan fingerprint density at radius 3 is 2.75 bits per heavy atom. The zero-order valence-electron chi connectivity index (χ0n) is 11.6. The second-order valence-electron chi connectivity index (χ2n) is 5.20. The van der Waals surface area contributed by atoms with Gasteiger partial charge < -0.3 is 15.2 Å². The second-order valence-corrected chi connectivity index (χ2v) is 5.20. The van der Waals surface area contributed by atoms with Crippen LogP contribution >= 0.6 is 0 Å². The molecule has 1 fully saturated rings. The summed E-state index contributed by atoms with van der Waals surface area (Å²) >= 11 is 0. The minimum absolute atomic E-state index is 0.0844. The number of hydrogen-bond acceptors (Lipinski definition) is 2. The van der Waals surface area contributed by atoms with Crippen LogP contribution in [0.4, 0.5) is 0 Å². The van der Waals surface area contributed by atoms with E-state index in [1.165, 1.54) is 0 Å². The van der Waals surface area contributed by atoms with Gasteiger partial charge in [-0.25, -0.2) is 0 Å². The van der Waals surface area contributed by atoms with Crippen molar-refractivity contribution in [1.29, 1.82) is 0 Å². The summed E-state index contributed by atoms with van der Waals surface area (Å²) in [5.74, 6) is 0.0844. The van der Waals surface area contributed by atoms with E-state index in [2.05, 4.69) is 17.2 Å². The summed E-state index contributed by atoms with van der Waals surface area (Å²) in [6.07, 6.45) is 0. The van der Waals surface area contributed by atoms with Crippen LogP contribution in [-0.2, 0) is 0 Å². The summed E-state index contributed by atoms with van der Waals surface area (Å²) in [5, 5.41) is 3.30. The second kappa shape index (κ2) is 5.51. The molecular formula is C16H19N3O. The number of aromatic nitrogens is 1. The van der Waals surface area contributed by atoms with E-state index >= 15 is 0 Å². The molecule has 1 aliphatic heterocycles.